The Balaban J connectivity index is 1.96. The Labute approximate surface area is 187 Å². The number of hydrogen-bond acceptors (Lipinski definition) is 7. The Morgan fingerprint density at radius 1 is 1.17 bits per heavy atom. The highest BCUT2D eigenvalue weighted by molar-refractivity contribution is 8.26. The van der Waals surface area contributed by atoms with Crippen LogP contribution in [0.5, 0.6) is 11.5 Å². The van der Waals surface area contributed by atoms with Gasteiger partial charge in [0.05, 0.1) is 25.7 Å². The van der Waals surface area contributed by atoms with Crippen molar-refractivity contribution in [3.63, 3.8) is 0 Å². The SMILES string of the molecule is CCCCOc1ccc(/C=C2/SC(=S)N(CCCCCC(=O)OC)C2=O)cc1OC. The molecule has 0 bridgehead atoms. The number of hydrogen-bond donors (Lipinski definition) is 0. The van der Waals surface area contributed by atoms with Crippen molar-refractivity contribution >= 4 is 46.3 Å². The highest BCUT2D eigenvalue weighted by Gasteiger charge is 2.31. The van der Waals surface area contributed by atoms with Crippen LogP contribution in [0.2, 0.25) is 0 Å². The molecule has 30 heavy (non-hydrogen) atoms. The summed E-state index contributed by atoms with van der Waals surface area (Å²) >= 11 is 6.69. The number of amides is 1. The molecule has 1 aromatic carbocycles. The van der Waals surface area contributed by atoms with Crippen molar-refractivity contribution in [2.75, 3.05) is 27.4 Å². The molecule has 1 amide bonds. The summed E-state index contributed by atoms with van der Waals surface area (Å²) in [6.45, 7) is 3.31. The van der Waals surface area contributed by atoms with Crippen molar-refractivity contribution in [2.24, 2.45) is 0 Å². The van der Waals surface area contributed by atoms with Crippen LogP contribution < -0.4 is 9.47 Å². The number of ether oxygens (including phenoxy) is 3. The van der Waals surface area contributed by atoms with Crippen LogP contribution in [-0.4, -0.2) is 48.5 Å². The van der Waals surface area contributed by atoms with Gasteiger partial charge in [-0.15, -0.1) is 0 Å². The van der Waals surface area contributed by atoms with E-state index in [2.05, 4.69) is 11.7 Å². The molecule has 0 saturated carbocycles. The first-order chi connectivity index (χ1) is 14.5. The van der Waals surface area contributed by atoms with E-state index < -0.39 is 0 Å². The maximum Gasteiger partial charge on any atom is 0.305 e. The molecule has 0 aliphatic carbocycles. The maximum atomic E-state index is 12.8. The third-order valence-electron chi connectivity index (χ3n) is 4.60. The molecule has 164 valence electrons. The molecule has 0 unspecified atom stereocenters. The van der Waals surface area contributed by atoms with Gasteiger partial charge in [-0.3, -0.25) is 14.5 Å². The number of thiocarbonyl (C=S) groups is 1. The van der Waals surface area contributed by atoms with E-state index in [0.29, 0.717) is 40.3 Å². The number of unbranched alkanes of at least 4 members (excludes halogenated alkanes) is 3. The van der Waals surface area contributed by atoms with E-state index in [-0.39, 0.29) is 11.9 Å². The first-order valence-electron chi connectivity index (χ1n) is 10.1. The molecule has 2 rings (SSSR count). The number of carbonyl (C=O) groups is 2. The minimum atomic E-state index is -0.208. The van der Waals surface area contributed by atoms with Crippen molar-refractivity contribution in [3.05, 3.63) is 28.7 Å². The number of rotatable bonds is 12. The highest BCUT2D eigenvalue weighted by atomic mass is 32.2. The van der Waals surface area contributed by atoms with Crippen LogP contribution in [-0.2, 0) is 14.3 Å². The number of benzene rings is 1. The van der Waals surface area contributed by atoms with Crippen molar-refractivity contribution in [1.82, 2.24) is 4.90 Å². The van der Waals surface area contributed by atoms with E-state index in [1.54, 1.807) is 12.0 Å². The van der Waals surface area contributed by atoms with E-state index in [9.17, 15) is 9.59 Å². The molecule has 0 atom stereocenters. The minimum absolute atomic E-state index is 0.0831. The van der Waals surface area contributed by atoms with Crippen LogP contribution in [0.1, 0.15) is 51.0 Å². The lowest BCUT2D eigenvalue weighted by Gasteiger charge is -2.14. The summed E-state index contributed by atoms with van der Waals surface area (Å²) in [6.07, 6.45) is 6.63. The maximum absolute atomic E-state index is 12.8. The van der Waals surface area contributed by atoms with Gasteiger partial charge < -0.3 is 14.2 Å². The second-order valence-electron chi connectivity index (χ2n) is 6.83. The monoisotopic (exact) mass is 451 g/mol. The number of esters is 1. The molecular weight excluding hydrogens is 422 g/mol. The largest absolute Gasteiger partial charge is 0.493 e. The number of carbonyl (C=O) groups excluding carboxylic acids is 2. The smallest absolute Gasteiger partial charge is 0.305 e. The molecule has 0 aromatic heterocycles. The van der Waals surface area contributed by atoms with Gasteiger partial charge in [0, 0.05) is 13.0 Å². The molecule has 0 N–H and O–H groups in total. The number of nitrogens with zero attached hydrogens (tertiary/aromatic N) is 1. The summed E-state index contributed by atoms with van der Waals surface area (Å²) in [5.41, 5.74) is 0.855. The molecule has 1 aliphatic heterocycles. The predicted molar refractivity (Wildman–Crippen MR) is 124 cm³/mol. The Morgan fingerprint density at radius 3 is 2.67 bits per heavy atom. The Morgan fingerprint density at radius 2 is 1.97 bits per heavy atom. The van der Waals surface area contributed by atoms with Gasteiger partial charge in [-0.1, -0.05) is 49.8 Å². The third-order valence-corrected chi connectivity index (χ3v) is 5.98. The van der Waals surface area contributed by atoms with Crippen molar-refractivity contribution in [3.8, 4) is 11.5 Å². The van der Waals surface area contributed by atoms with Crippen LogP contribution in [0, 0.1) is 0 Å². The summed E-state index contributed by atoms with van der Waals surface area (Å²) in [7, 11) is 2.99. The van der Waals surface area contributed by atoms with E-state index >= 15 is 0 Å². The van der Waals surface area contributed by atoms with Gasteiger partial charge in [-0.2, -0.15) is 0 Å². The topological polar surface area (TPSA) is 65.1 Å². The summed E-state index contributed by atoms with van der Waals surface area (Å²) < 4.78 is 16.4. The average Bonchev–Trinajstić information content (AvgIpc) is 3.01. The van der Waals surface area contributed by atoms with Crippen molar-refractivity contribution in [1.29, 1.82) is 0 Å². The van der Waals surface area contributed by atoms with Gasteiger partial charge in [-0.25, -0.2) is 0 Å². The van der Waals surface area contributed by atoms with Crippen LogP contribution in [0.4, 0.5) is 0 Å². The lowest BCUT2D eigenvalue weighted by Crippen LogP contribution is -2.29. The van der Waals surface area contributed by atoms with E-state index in [1.807, 2.05) is 24.3 Å². The van der Waals surface area contributed by atoms with Gasteiger partial charge in [0.2, 0.25) is 0 Å². The summed E-state index contributed by atoms with van der Waals surface area (Å²) in [5, 5.41) is 0. The van der Waals surface area contributed by atoms with Gasteiger partial charge >= 0.3 is 5.97 Å². The molecule has 1 aromatic rings. The van der Waals surface area contributed by atoms with Gasteiger partial charge in [0.25, 0.3) is 5.91 Å². The van der Waals surface area contributed by atoms with Crippen LogP contribution >= 0.6 is 24.0 Å². The van der Waals surface area contributed by atoms with Crippen LogP contribution in [0.25, 0.3) is 6.08 Å². The van der Waals surface area contributed by atoms with Gasteiger partial charge in [0.1, 0.15) is 4.32 Å². The quantitative estimate of drug-likeness (QED) is 0.196. The summed E-state index contributed by atoms with van der Waals surface area (Å²) in [6, 6.07) is 5.63. The molecule has 1 fully saturated rings. The minimum Gasteiger partial charge on any atom is -0.493 e. The molecule has 8 heteroatoms. The average molecular weight is 452 g/mol. The first kappa shape index (κ1) is 24.2. The second-order valence-corrected chi connectivity index (χ2v) is 8.51. The Kier molecular flexibility index (Phi) is 10.2. The van der Waals surface area contributed by atoms with E-state index in [1.165, 1.54) is 18.9 Å². The zero-order valence-corrected chi connectivity index (χ0v) is 19.4. The van der Waals surface area contributed by atoms with Gasteiger partial charge in [0.15, 0.2) is 11.5 Å². The lowest BCUT2D eigenvalue weighted by molar-refractivity contribution is -0.140. The molecule has 0 radical (unpaired) electrons. The molecule has 6 nitrogen and oxygen atoms in total. The fourth-order valence-corrected chi connectivity index (χ4v) is 4.19. The summed E-state index contributed by atoms with van der Waals surface area (Å²) in [5.74, 6) is 1.05. The fourth-order valence-electron chi connectivity index (χ4n) is 2.88. The van der Waals surface area contributed by atoms with E-state index in [0.717, 1.165) is 37.7 Å². The molecule has 0 spiro atoms. The molecule has 1 aliphatic rings. The first-order valence-corrected chi connectivity index (χ1v) is 11.4. The normalized spacial score (nSPS) is 15.0. The van der Waals surface area contributed by atoms with Gasteiger partial charge in [-0.05, 0) is 43.0 Å². The molecular formula is C22H29NO5S2. The van der Waals surface area contributed by atoms with Crippen LogP contribution in [0.15, 0.2) is 23.1 Å². The van der Waals surface area contributed by atoms with Crippen molar-refractivity contribution < 1.29 is 23.8 Å². The molecule has 1 heterocycles. The van der Waals surface area contributed by atoms with E-state index in [4.69, 9.17) is 21.7 Å². The zero-order chi connectivity index (χ0) is 21.9. The molecule has 1 saturated heterocycles. The Bertz CT molecular complexity index is 794. The predicted octanol–water partition coefficient (Wildman–Crippen LogP) is 4.81. The standard InChI is InChI=1S/C22H29NO5S2/c1-4-5-13-28-17-11-10-16(14-18(17)26-2)15-19-21(25)23(22(29)30-19)12-8-6-7-9-20(24)27-3/h10-11,14-15H,4-9,12-13H2,1-3H3/b19-15+. The summed E-state index contributed by atoms with van der Waals surface area (Å²) in [4.78, 5) is 26.1. The number of methoxy groups -OCH3 is 2. The lowest BCUT2D eigenvalue weighted by atomic mass is 10.1. The van der Waals surface area contributed by atoms with Crippen LogP contribution in [0.3, 0.4) is 0 Å². The second kappa shape index (κ2) is 12.6. The number of thioether (sulfide) groups is 1. The zero-order valence-electron chi connectivity index (χ0n) is 17.8. The highest BCUT2D eigenvalue weighted by Crippen LogP contribution is 2.35. The van der Waals surface area contributed by atoms with Crippen molar-refractivity contribution in [2.45, 2.75) is 45.4 Å². The fraction of sp³-hybridized carbons (Fsp3) is 0.500. The third kappa shape index (κ3) is 7.02. The Hall–Kier alpha value is -2.06.